The van der Waals surface area contributed by atoms with Crippen molar-refractivity contribution in [3.8, 4) is 11.3 Å². The largest absolute Gasteiger partial charge is 0.334 e. The molecule has 2 aliphatic carbocycles. The van der Waals surface area contributed by atoms with E-state index in [4.69, 9.17) is 4.98 Å². The molecule has 2 aromatic heterocycles. The lowest BCUT2D eigenvalue weighted by Gasteiger charge is -2.27. The van der Waals surface area contributed by atoms with Gasteiger partial charge in [-0.05, 0) is 62.4 Å². The van der Waals surface area contributed by atoms with Crippen molar-refractivity contribution in [2.45, 2.75) is 68.2 Å². The number of hydrogen-bond donors (Lipinski definition) is 3. The normalized spacial score (nSPS) is 18.8. The van der Waals surface area contributed by atoms with Crippen LogP contribution >= 0.6 is 10.6 Å². The van der Waals surface area contributed by atoms with Crippen molar-refractivity contribution >= 4 is 22.3 Å². The molecule has 0 atom stereocenters. The highest BCUT2D eigenvalue weighted by Gasteiger charge is 2.48. The Morgan fingerprint density at radius 1 is 1.11 bits per heavy atom. The molecule has 6 rings (SSSR count). The highest BCUT2D eigenvalue weighted by atomic mass is 32.3. The Balaban J connectivity index is 1.28. The lowest BCUT2D eigenvalue weighted by atomic mass is 9.84. The van der Waals surface area contributed by atoms with Gasteiger partial charge in [-0.3, -0.25) is 14.0 Å². The highest BCUT2D eigenvalue weighted by molar-refractivity contribution is 8.23. The van der Waals surface area contributed by atoms with Crippen LogP contribution in [0.25, 0.3) is 11.3 Å². The average molecular weight is 520 g/mol. The molecule has 2 fully saturated rings. The Hall–Kier alpha value is -3.01. The maximum atomic E-state index is 13.4. The van der Waals surface area contributed by atoms with Gasteiger partial charge < -0.3 is 5.32 Å². The molecule has 3 aromatic rings. The van der Waals surface area contributed by atoms with E-state index in [0.717, 1.165) is 78.1 Å². The summed E-state index contributed by atoms with van der Waals surface area (Å²) >= 11 is 0. The molecule has 0 saturated heterocycles. The Morgan fingerprint density at radius 2 is 1.84 bits per heavy atom. The fourth-order valence-electron chi connectivity index (χ4n) is 5.90. The minimum Gasteiger partial charge on any atom is -0.334 e. The van der Waals surface area contributed by atoms with Gasteiger partial charge in [0.25, 0.3) is 0 Å². The molecule has 0 bridgehead atoms. The van der Waals surface area contributed by atoms with E-state index in [1.165, 1.54) is 6.26 Å². The first-order valence-corrected chi connectivity index (χ1v) is 14.9. The molecule has 0 radical (unpaired) electrons. The highest BCUT2D eigenvalue weighted by Crippen LogP contribution is 2.51. The third kappa shape index (κ3) is 4.49. The van der Waals surface area contributed by atoms with Crippen molar-refractivity contribution in [1.82, 2.24) is 20.3 Å². The molecule has 8 nitrogen and oxygen atoms in total. The van der Waals surface area contributed by atoms with Crippen LogP contribution in [0.5, 0.6) is 0 Å². The van der Waals surface area contributed by atoms with Gasteiger partial charge in [0.05, 0.1) is 33.4 Å². The van der Waals surface area contributed by atoms with Gasteiger partial charge in [0, 0.05) is 36.2 Å². The molecule has 2 amide bonds. The van der Waals surface area contributed by atoms with Crippen LogP contribution in [-0.4, -0.2) is 42.9 Å². The molecule has 194 valence electrons. The summed E-state index contributed by atoms with van der Waals surface area (Å²) in [5.41, 5.74) is 6.72. The number of benzene rings is 1. The van der Waals surface area contributed by atoms with Crippen molar-refractivity contribution in [1.29, 1.82) is 0 Å². The molecular weight excluding hydrogens is 486 g/mol. The number of amides is 2. The number of carbonyl (C=O) groups is 1. The molecule has 3 heterocycles. The van der Waals surface area contributed by atoms with Gasteiger partial charge in [0.15, 0.2) is 0 Å². The van der Waals surface area contributed by atoms with E-state index in [1.807, 2.05) is 36.1 Å². The van der Waals surface area contributed by atoms with E-state index in [9.17, 15) is 13.9 Å². The Bertz CT molecular complexity index is 1340. The first kappa shape index (κ1) is 24.3. The molecule has 0 unspecified atom stereocenters. The van der Waals surface area contributed by atoms with Gasteiger partial charge in [-0.15, -0.1) is 0 Å². The first-order chi connectivity index (χ1) is 17.7. The van der Waals surface area contributed by atoms with Crippen molar-refractivity contribution in [3.63, 3.8) is 0 Å². The van der Waals surface area contributed by atoms with Crippen LogP contribution in [0.1, 0.15) is 67.1 Å². The molecule has 1 aromatic carbocycles. The third-order valence-electron chi connectivity index (χ3n) is 8.03. The standard InChI is InChI=1S/C28H33N5O3S/c1-18-24(25(20-7-8-20)31-17-30-18)22-11-12-23-26(32-22)28(13-3-4-14-28)16-33(23)27(34)29-15-19-5-9-21(10-6-19)37(2,35)36/h5-6,9-12,17,20,35-36H,3-4,7-8,13-16H2,1-2H3,(H,29,34). The van der Waals surface area contributed by atoms with E-state index in [-0.39, 0.29) is 11.4 Å². The molecular formula is C28H33N5O3S. The second-order valence-corrected chi connectivity index (χ2v) is 12.9. The lowest BCUT2D eigenvalue weighted by Crippen LogP contribution is -2.41. The number of anilines is 1. The Labute approximate surface area is 218 Å². The summed E-state index contributed by atoms with van der Waals surface area (Å²) in [6.45, 7) is 3.02. The maximum absolute atomic E-state index is 13.4. The number of pyridine rings is 1. The monoisotopic (exact) mass is 519 g/mol. The average Bonchev–Trinajstić information content (AvgIpc) is 3.54. The molecule has 1 aliphatic heterocycles. The zero-order valence-electron chi connectivity index (χ0n) is 21.3. The number of fused-ring (bicyclic) bond motifs is 2. The summed E-state index contributed by atoms with van der Waals surface area (Å²) in [6.07, 6.45) is 9.74. The molecule has 9 heteroatoms. The SMILES string of the molecule is Cc1ncnc(C2CC2)c1-c1ccc2c(n1)C1(CCCC1)CN2C(=O)NCc1ccc(S(C)(O)O)cc1. The van der Waals surface area contributed by atoms with Crippen molar-refractivity contribution in [3.05, 3.63) is 65.4 Å². The van der Waals surface area contributed by atoms with Crippen molar-refractivity contribution < 1.29 is 13.9 Å². The number of urea groups is 1. The van der Waals surface area contributed by atoms with E-state index in [0.29, 0.717) is 23.9 Å². The van der Waals surface area contributed by atoms with Crippen LogP contribution in [-0.2, 0) is 12.0 Å². The van der Waals surface area contributed by atoms with E-state index < -0.39 is 10.6 Å². The zero-order chi connectivity index (χ0) is 25.8. The van der Waals surface area contributed by atoms with Crippen LogP contribution < -0.4 is 10.2 Å². The second kappa shape index (κ2) is 9.08. The summed E-state index contributed by atoms with van der Waals surface area (Å²) in [5.74, 6) is 0.494. The van der Waals surface area contributed by atoms with Gasteiger partial charge >= 0.3 is 6.03 Å². The van der Waals surface area contributed by atoms with Crippen LogP contribution in [0, 0.1) is 6.92 Å². The van der Waals surface area contributed by atoms with Gasteiger partial charge in [0.1, 0.15) is 6.33 Å². The number of rotatable bonds is 5. The third-order valence-corrected chi connectivity index (χ3v) is 9.20. The summed E-state index contributed by atoms with van der Waals surface area (Å²) in [5, 5.41) is 3.06. The summed E-state index contributed by atoms with van der Waals surface area (Å²) in [7, 11) is -2.75. The predicted octanol–water partition coefficient (Wildman–Crippen LogP) is 6.01. The molecule has 3 N–H and O–H groups in total. The number of carbonyl (C=O) groups excluding carboxylic acids is 1. The fourth-order valence-corrected chi connectivity index (χ4v) is 6.55. The quantitative estimate of drug-likeness (QED) is 0.381. The van der Waals surface area contributed by atoms with Gasteiger partial charge in [-0.2, -0.15) is 10.6 Å². The minimum atomic E-state index is -2.75. The van der Waals surface area contributed by atoms with Gasteiger partial charge in [0.2, 0.25) is 0 Å². The van der Waals surface area contributed by atoms with E-state index in [1.54, 1.807) is 18.5 Å². The van der Waals surface area contributed by atoms with Crippen LogP contribution in [0.3, 0.4) is 0 Å². The van der Waals surface area contributed by atoms with Crippen LogP contribution in [0.2, 0.25) is 0 Å². The van der Waals surface area contributed by atoms with Gasteiger partial charge in [-0.25, -0.2) is 19.7 Å². The fraction of sp³-hybridized carbons (Fsp3) is 0.429. The van der Waals surface area contributed by atoms with Gasteiger partial charge in [-0.1, -0.05) is 25.0 Å². The molecule has 1 spiro atoms. The molecule has 3 aliphatic rings. The number of nitrogens with zero attached hydrogens (tertiary/aromatic N) is 4. The Morgan fingerprint density at radius 3 is 2.51 bits per heavy atom. The molecule has 37 heavy (non-hydrogen) atoms. The van der Waals surface area contributed by atoms with Crippen molar-refractivity contribution in [2.24, 2.45) is 0 Å². The van der Waals surface area contributed by atoms with E-state index in [2.05, 4.69) is 15.3 Å². The van der Waals surface area contributed by atoms with Crippen molar-refractivity contribution in [2.75, 3.05) is 17.7 Å². The number of nitrogens with one attached hydrogen (secondary N) is 1. The Kier molecular flexibility index (Phi) is 5.97. The van der Waals surface area contributed by atoms with Crippen LogP contribution in [0.15, 0.2) is 47.6 Å². The number of aryl methyl sites for hydroxylation is 1. The summed E-state index contributed by atoms with van der Waals surface area (Å²) in [4.78, 5) is 30.1. The summed E-state index contributed by atoms with van der Waals surface area (Å²) in [6, 6.07) is 11.0. The lowest BCUT2D eigenvalue weighted by molar-refractivity contribution is 0.245. The number of hydrogen-bond acceptors (Lipinski definition) is 6. The smallest absolute Gasteiger partial charge is 0.322 e. The zero-order valence-corrected chi connectivity index (χ0v) is 22.1. The predicted molar refractivity (Wildman–Crippen MR) is 145 cm³/mol. The summed E-state index contributed by atoms with van der Waals surface area (Å²) < 4.78 is 19.7. The second-order valence-electron chi connectivity index (χ2n) is 10.8. The maximum Gasteiger partial charge on any atom is 0.322 e. The topological polar surface area (TPSA) is 111 Å². The minimum absolute atomic E-state index is 0.108. The first-order valence-electron chi connectivity index (χ1n) is 13.0. The number of aromatic nitrogens is 3. The van der Waals surface area contributed by atoms with E-state index >= 15 is 0 Å². The molecule has 2 saturated carbocycles. The van der Waals surface area contributed by atoms with Crippen LogP contribution in [0.4, 0.5) is 10.5 Å².